The van der Waals surface area contributed by atoms with E-state index in [0.29, 0.717) is 33.4 Å². The molecule has 2 aromatic rings. The molecule has 1 aromatic heterocycles. The van der Waals surface area contributed by atoms with E-state index in [0.717, 1.165) is 18.4 Å². The Bertz CT molecular complexity index is 911. The van der Waals surface area contributed by atoms with Gasteiger partial charge in [0.2, 0.25) is 0 Å². The zero-order valence-electron chi connectivity index (χ0n) is 13.3. The number of benzene rings is 1. The molecule has 0 N–H and O–H groups in total. The van der Waals surface area contributed by atoms with E-state index in [1.54, 1.807) is 12.1 Å². The molecule has 4 rings (SSSR count). The Morgan fingerprint density at radius 3 is 2.83 bits per heavy atom. The first-order chi connectivity index (χ1) is 11.5. The zero-order valence-corrected chi connectivity index (χ0v) is 14.0. The lowest BCUT2D eigenvalue weighted by Gasteiger charge is -2.17. The summed E-state index contributed by atoms with van der Waals surface area (Å²) >= 11 is 6.17. The third-order valence-electron chi connectivity index (χ3n) is 5.06. The standard InChI is InChI=1S/C19H17ClO4/c1-10-4-17-14(8-16(10)20)13(7-18(21)24-17)9-23-19(22)15-6-11-2-3-12(15)5-11/h2-4,7-8,11-12,15H,5-6,9H2,1H3/t11-,12-,15-/m0/s1. The van der Waals surface area contributed by atoms with Crippen molar-refractivity contribution in [2.75, 3.05) is 0 Å². The van der Waals surface area contributed by atoms with Crippen LogP contribution in [0.1, 0.15) is 24.0 Å². The zero-order chi connectivity index (χ0) is 16.8. The first-order valence-electron chi connectivity index (χ1n) is 8.09. The largest absolute Gasteiger partial charge is 0.461 e. The molecule has 0 aliphatic heterocycles. The van der Waals surface area contributed by atoms with Crippen molar-refractivity contribution in [3.05, 3.63) is 56.9 Å². The van der Waals surface area contributed by atoms with E-state index in [4.69, 9.17) is 20.8 Å². The first kappa shape index (κ1) is 15.5. The molecule has 4 nitrogen and oxygen atoms in total. The van der Waals surface area contributed by atoms with Crippen molar-refractivity contribution >= 4 is 28.5 Å². The monoisotopic (exact) mass is 344 g/mol. The van der Waals surface area contributed by atoms with Crippen molar-refractivity contribution in [2.24, 2.45) is 17.8 Å². The highest BCUT2D eigenvalue weighted by atomic mass is 35.5. The molecule has 24 heavy (non-hydrogen) atoms. The summed E-state index contributed by atoms with van der Waals surface area (Å²) in [5.41, 5.74) is 1.45. The summed E-state index contributed by atoms with van der Waals surface area (Å²) in [6.07, 6.45) is 6.22. The summed E-state index contributed by atoms with van der Waals surface area (Å²) in [5, 5.41) is 1.29. The highest BCUT2D eigenvalue weighted by Gasteiger charge is 2.40. The molecule has 2 bridgehead atoms. The van der Waals surface area contributed by atoms with Crippen molar-refractivity contribution < 1.29 is 13.9 Å². The Kier molecular flexibility index (Phi) is 3.72. The van der Waals surface area contributed by atoms with Crippen molar-refractivity contribution in [1.82, 2.24) is 0 Å². The van der Waals surface area contributed by atoms with E-state index in [-0.39, 0.29) is 18.5 Å². The molecule has 2 aliphatic carbocycles. The van der Waals surface area contributed by atoms with Gasteiger partial charge in [0.15, 0.2) is 0 Å². The number of hydrogen-bond acceptors (Lipinski definition) is 4. The molecule has 1 heterocycles. The Morgan fingerprint density at radius 2 is 2.12 bits per heavy atom. The predicted molar refractivity (Wildman–Crippen MR) is 90.9 cm³/mol. The molecule has 124 valence electrons. The maximum Gasteiger partial charge on any atom is 0.336 e. The van der Waals surface area contributed by atoms with Crippen LogP contribution in [0.4, 0.5) is 0 Å². The van der Waals surface area contributed by atoms with Crippen molar-refractivity contribution in [1.29, 1.82) is 0 Å². The molecule has 1 saturated carbocycles. The highest BCUT2D eigenvalue weighted by molar-refractivity contribution is 6.32. The molecule has 0 unspecified atom stereocenters. The SMILES string of the molecule is Cc1cc2oc(=O)cc(COC(=O)[C@H]3C[C@H]4C=C[C@H]3C4)c2cc1Cl. The van der Waals surface area contributed by atoms with Crippen LogP contribution >= 0.6 is 11.6 Å². The lowest BCUT2D eigenvalue weighted by atomic mass is 9.94. The first-order valence-corrected chi connectivity index (χ1v) is 8.47. The number of halogens is 1. The van der Waals surface area contributed by atoms with Crippen LogP contribution < -0.4 is 5.63 Å². The number of fused-ring (bicyclic) bond motifs is 3. The van der Waals surface area contributed by atoms with Gasteiger partial charge in [-0.1, -0.05) is 23.8 Å². The fourth-order valence-corrected chi connectivity index (χ4v) is 3.94. The lowest BCUT2D eigenvalue weighted by Crippen LogP contribution is -2.21. The van der Waals surface area contributed by atoms with Crippen LogP contribution in [0.25, 0.3) is 11.0 Å². The van der Waals surface area contributed by atoms with Gasteiger partial charge in [0.05, 0.1) is 5.92 Å². The summed E-state index contributed by atoms with van der Waals surface area (Å²) in [7, 11) is 0. The number of esters is 1. The molecule has 0 amide bonds. The number of hydrogen-bond donors (Lipinski definition) is 0. The van der Waals surface area contributed by atoms with Gasteiger partial charge in [0, 0.05) is 22.0 Å². The van der Waals surface area contributed by atoms with E-state index in [1.165, 1.54) is 6.07 Å². The van der Waals surface area contributed by atoms with Crippen LogP contribution in [0, 0.1) is 24.7 Å². The average Bonchev–Trinajstić information content (AvgIpc) is 3.17. The smallest absolute Gasteiger partial charge is 0.336 e. The van der Waals surface area contributed by atoms with Gasteiger partial charge in [0.1, 0.15) is 12.2 Å². The predicted octanol–water partition coefficient (Wildman–Crippen LogP) is 4.01. The topological polar surface area (TPSA) is 56.5 Å². The van der Waals surface area contributed by atoms with E-state index < -0.39 is 5.63 Å². The summed E-state index contributed by atoms with van der Waals surface area (Å²) in [4.78, 5) is 24.1. The van der Waals surface area contributed by atoms with Crippen LogP contribution in [0.2, 0.25) is 5.02 Å². The van der Waals surface area contributed by atoms with Crippen LogP contribution in [-0.4, -0.2) is 5.97 Å². The average molecular weight is 345 g/mol. The number of allylic oxidation sites excluding steroid dienone is 2. The van der Waals surface area contributed by atoms with Gasteiger partial charge >= 0.3 is 11.6 Å². The molecule has 0 spiro atoms. The fourth-order valence-electron chi connectivity index (χ4n) is 3.78. The number of aryl methyl sites for hydroxylation is 1. The molecule has 5 heteroatoms. The van der Waals surface area contributed by atoms with E-state index in [1.807, 2.05) is 6.92 Å². The summed E-state index contributed by atoms with van der Waals surface area (Å²) in [6, 6.07) is 4.84. The molecule has 1 aromatic carbocycles. The number of rotatable bonds is 3. The second-order valence-electron chi connectivity index (χ2n) is 6.68. The maximum atomic E-state index is 12.4. The summed E-state index contributed by atoms with van der Waals surface area (Å²) < 4.78 is 10.7. The minimum Gasteiger partial charge on any atom is -0.461 e. The molecular weight excluding hydrogens is 328 g/mol. The highest BCUT2D eigenvalue weighted by Crippen LogP contribution is 2.44. The Balaban J connectivity index is 1.58. The molecule has 0 radical (unpaired) electrons. The van der Waals surface area contributed by atoms with Crippen LogP contribution in [0.3, 0.4) is 0 Å². The third kappa shape index (κ3) is 2.65. The minimum atomic E-state index is -0.460. The maximum absolute atomic E-state index is 12.4. The van der Waals surface area contributed by atoms with Gasteiger partial charge in [-0.2, -0.15) is 0 Å². The van der Waals surface area contributed by atoms with Gasteiger partial charge in [-0.15, -0.1) is 0 Å². The molecular formula is C19H17ClO4. The second kappa shape index (κ2) is 5.78. The van der Waals surface area contributed by atoms with Gasteiger partial charge in [-0.3, -0.25) is 4.79 Å². The molecule has 1 fully saturated rings. The van der Waals surface area contributed by atoms with Gasteiger partial charge in [-0.25, -0.2) is 4.79 Å². The lowest BCUT2D eigenvalue weighted by molar-refractivity contribution is -0.150. The minimum absolute atomic E-state index is 0.0535. The molecule has 3 atom stereocenters. The Morgan fingerprint density at radius 1 is 1.29 bits per heavy atom. The number of carbonyl (C=O) groups excluding carboxylic acids is 1. The van der Waals surface area contributed by atoms with E-state index in [9.17, 15) is 9.59 Å². The van der Waals surface area contributed by atoms with Crippen LogP contribution in [0.15, 0.2) is 39.6 Å². The fraction of sp³-hybridized carbons (Fsp3) is 0.368. The van der Waals surface area contributed by atoms with Crippen LogP contribution in [0.5, 0.6) is 0 Å². The second-order valence-corrected chi connectivity index (χ2v) is 7.09. The Hall–Kier alpha value is -2.07. The van der Waals surface area contributed by atoms with Gasteiger partial charge < -0.3 is 9.15 Å². The normalized spacial score (nSPS) is 24.7. The van der Waals surface area contributed by atoms with Crippen molar-refractivity contribution in [3.8, 4) is 0 Å². The molecule has 2 aliphatic rings. The van der Waals surface area contributed by atoms with E-state index in [2.05, 4.69) is 12.2 Å². The summed E-state index contributed by atoms with van der Waals surface area (Å²) in [6.45, 7) is 1.90. The van der Waals surface area contributed by atoms with Crippen LogP contribution in [-0.2, 0) is 16.1 Å². The van der Waals surface area contributed by atoms with E-state index >= 15 is 0 Å². The Labute approximate surface area is 144 Å². The van der Waals surface area contributed by atoms with Gasteiger partial charge in [-0.05, 0) is 49.3 Å². The third-order valence-corrected chi connectivity index (χ3v) is 5.47. The van der Waals surface area contributed by atoms with Crippen molar-refractivity contribution in [2.45, 2.75) is 26.4 Å². The number of carbonyl (C=O) groups is 1. The summed E-state index contributed by atoms with van der Waals surface area (Å²) in [5.74, 6) is 0.569. The quantitative estimate of drug-likeness (QED) is 0.479. The molecule has 0 saturated heterocycles. The number of ether oxygens (including phenoxy) is 1. The van der Waals surface area contributed by atoms with Crippen molar-refractivity contribution in [3.63, 3.8) is 0 Å². The van der Waals surface area contributed by atoms with Gasteiger partial charge in [0.25, 0.3) is 0 Å².